The van der Waals surface area contributed by atoms with Crippen LogP contribution in [0.2, 0.25) is 0 Å². The van der Waals surface area contributed by atoms with Gasteiger partial charge in [0.15, 0.2) is 5.69 Å². The summed E-state index contributed by atoms with van der Waals surface area (Å²) >= 11 is 2.60. The minimum atomic E-state index is -1.11. The molecule has 0 aliphatic rings. The van der Waals surface area contributed by atoms with E-state index in [9.17, 15) is 4.79 Å². The summed E-state index contributed by atoms with van der Waals surface area (Å²) in [5.41, 5.74) is 5.48. The Balaban J connectivity index is 2.41. The van der Waals surface area contributed by atoms with Crippen LogP contribution in [0.5, 0.6) is 5.75 Å². The summed E-state index contributed by atoms with van der Waals surface area (Å²) in [6.45, 7) is 0. The van der Waals surface area contributed by atoms with Gasteiger partial charge < -0.3 is 15.6 Å². The second kappa shape index (κ2) is 4.11. The highest BCUT2D eigenvalue weighted by Crippen LogP contribution is 2.36. The Hall–Kier alpha value is -1.60. The highest BCUT2D eigenvalue weighted by Gasteiger charge is 2.17. The number of nitrogens with two attached hydrogens (primary N) is 1. The van der Waals surface area contributed by atoms with Crippen LogP contribution in [0.4, 0.5) is 5.00 Å². The zero-order chi connectivity index (χ0) is 11.7. The number of carboxylic acid groups (broad SMARTS) is 1. The minimum absolute atomic E-state index is 0.0904. The summed E-state index contributed by atoms with van der Waals surface area (Å²) in [6, 6.07) is 1.80. The highest BCUT2D eigenvalue weighted by atomic mass is 32.1. The van der Waals surface area contributed by atoms with E-state index < -0.39 is 5.97 Å². The van der Waals surface area contributed by atoms with Crippen LogP contribution in [-0.4, -0.2) is 23.2 Å². The second-order valence-corrected chi connectivity index (χ2v) is 4.83. The maximum Gasteiger partial charge on any atom is 0.357 e. The molecular formula is C9H8N2O3S2. The number of nitrogen functional groups attached to an aromatic ring is 1. The van der Waals surface area contributed by atoms with E-state index >= 15 is 0 Å². The minimum Gasteiger partial charge on any atom is -0.496 e. The molecular weight excluding hydrogens is 248 g/mol. The van der Waals surface area contributed by atoms with Gasteiger partial charge in [-0.15, -0.1) is 11.3 Å². The molecule has 16 heavy (non-hydrogen) atoms. The summed E-state index contributed by atoms with van der Waals surface area (Å²) in [4.78, 5) is 15.6. The van der Waals surface area contributed by atoms with Crippen molar-refractivity contribution in [2.45, 2.75) is 0 Å². The van der Waals surface area contributed by atoms with Gasteiger partial charge in [0.2, 0.25) is 0 Å². The van der Waals surface area contributed by atoms with E-state index in [2.05, 4.69) is 4.98 Å². The molecule has 0 saturated carbocycles. The fraction of sp³-hybridized carbons (Fsp3) is 0.111. The van der Waals surface area contributed by atoms with Gasteiger partial charge in [0.05, 0.1) is 12.0 Å². The number of hydrogen-bond acceptors (Lipinski definition) is 6. The Morgan fingerprint density at radius 3 is 2.88 bits per heavy atom. The fourth-order valence-corrected chi connectivity index (χ4v) is 2.87. The third-order valence-corrected chi connectivity index (χ3v) is 3.84. The topological polar surface area (TPSA) is 85.4 Å². The summed E-state index contributed by atoms with van der Waals surface area (Å²) in [5, 5.41) is 11.5. The van der Waals surface area contributed by atoms with Crippen molar-refractivity contribution in [3.63, 3.8) is 0 Å². The van der Waals surface area contributed by atoms with E-state index in [0.717, 1.165) is 22.0 Å². The third kappa shape index (κ3) is 1.86. The van der Waals surface area contributed by atoms with Crippen LogP contribution in [0.1, 0.15) is 10.5 Å². The molecule has 2 heterocycles. The maximum absolute atomic E-state index is 10.8. The molecule has 0 aromatic carbocycles. The van der Waals surface area contributed by atoms with Crippen LogP contribution >= 0.6 is 22.7 Å². The predicted octanol–water partition coefficient (Wildman–Crippen LogP) is 2.16. The van der Waals surface area contributed by atoms with Crippen LogP contribution in [0.3, 0.4) is 0 Å². The van der Waals surface area contributed by atoms with E-state index in [4.69, 9.17) is 15.6 Å². The maximum atomic E-state index is 10.8. The first-order valence-electron chi connectivity index (χ1n) is 4.24. The summed E-state index contributed by atoms with van der Waals surface area (Å²) in [5.74, 6) is -0.380. The lowest BCUT2D eigenvalue weighted by atomic mass is 10.4. The van der Waals surface area contributed by atoms with Crippen LogP contribution < -0.4 is 10.5 Å². The molecule has 2 aromatic heterocycles. The molecule has 0 atom stereocenters. The average Bonchev–Trinajstić information content (AvgIpc) is 2.83. The van der Waals surface area contributed by atoms with Crippen molar-refractivity contribution >= 4 is 33.6 Å². The molecule has 2 rings (SSSR count). The van der Waals surface area contributed by atoms with Gasteiger partial charge in [-0.3, -0.25) is 0 Å². The van der Waals surface area contributed by atoms with E-state index in [0.29, 0.717) is 5.01 Å². The SMILES string of the molecule is COc1csc(-c2nc(C(=O)O)c(N)s2)c1. The molecule has 3 N–H and O–H groups in total. The van der Waals surface area contributed by atoms with Gasteiger partial charge in [0.1, 0.15) is 15.8 Å². The number of methoxy groups -OCH3 is 1. The third-order valence-electron chi connectivity index (χ3n) is 1.88. The number of aromatic carboxylic acids is 1. The Kier molecular flexibility index (Phi) is 2.80. The number of nitrogens with zero attached hydrogens (tertiary/aromatic N) is 1. The van der Waals surface area contributed by atoms with Crippen LogP contribution in [0.25, 0.3) is 9.88 Å². The second-order valence-electron chi connectivity index (χ2n) is 2.89. The van der Waals surface area contributed by atoms with Crippen LogP contribution in [0.15, 0.2) is 11.4 Å². The first-order chi connectivity index (χ1) is 7.61. The number of carboxylic acids is 1. The van der Waals surface area contributed by atoms with E-state index in [-0.39, 0.29) is 10.7 Å². The van der Waals surface area contributed by atoms with Gasteiger partial charge in [-0.1, -0.05) is 11.3 Å². The number of anilines is 1. The Labute approximate surface area is 99.1 Å². The van der Waals surface area contributed by atoms with Crippen molar-refractivity contribution in [3.8, 4) is 15.6 Å². The lowest BCUT2D eigenvalue weighted by molar-refractivity contribution is 0.0692. The standard InChI is InChI=1S/C9H8N2O3S2/c1-14-4-2-5(15-3-4)8-11-6(9(12)13)7(10)16-8/h2-3H,10H2,1H3,(H,12,13). The van der Waals surface area contributed by atoms with Gasteiger partial charge in [0.25, 0.3) is 0 Å². The summed E-state index contributed by atoms with van der Waals surface area (Å²) < 4.78 is 5.04. The van der Waals surface area contributed by atoms with Crippen molar-refractivity contribution in [1.29, 1.82) is 0 Å². The molecule has 0 radical (unpaired) electrons. The molecule has 84 valence electrons. The molecule has 0 bridgehead atoms. The van der Waals surface area contributed by atoms with Gasteiger partial charge in [-0.25, -0.2) is 9.78 Å². The van der Waals surface area contributed by atoms with E-state index in [1.54, 1.807) is 13.2 Å². The number of thiophene rings is 1. The molecule has 5 nitrogen and oxygen atoms in total. The molecule has 0 fully saturated rings. The molecule has 7 heteroatoms. The first kappa shape index (κ1) is 10.9. The zero-order valence-electron chi connectivity index (χ0n) is 8.26. The van der Waals surface area contributed by atoms with Gasteiger partial charge >= 0.3 is 5.97 Å². The van der Waals surface area contributed by atoms with Crippen molar-refractivity contribution in [1.82, 2.24) is 4.98 Å². The predicted molar refractivity (Wildman–Crippen MR) is 63.4 cm³/mol. The molecule has 2 aromatic rings. The molecule has 0 unspecified atom stereocenters. The van der Waals surface area contributed by atoms with Gasteiger partial charge in [-0.2, -0.15) is 0 Å². The lowest BCUT2D eigenvalue weighted by Gasteiger charge is -1.89. The number of rotatable bonds is 3. The molecule has 0 aliphatic heterocycles. The quantitative estimate of drug-likeness (QED) is 0.879. The molecule has 0 amide bonds. The summed E-state index contributed by atoms with van der Waals surface area (Å²) in [6.07, 6.45) is 0. The Morgan fingerprint density at radius 1 is 1.62 bits per heavy atom. The largest absolute Gasteiger partial charge is 0.496 e. The van der Waals surface area contributed by atoms with Crippen molar-refractivity contribution in [3.05, 3.63) is 17.1 Å². The first-order valence-corrected chi connectivity index (χ1v) is 5.94. The number of hydrogen-bond donors (Lipinski definition) is 2. The van der Waals surface area contributed by atoms with Gasteiger partial charge in [-0.05, 0) is 0 Å². The monoisotopic (exact) mass is 256 g/mol. The van der Waals surface area contributed by atoms with E-state index in [1.165, 1.54) is 11.3 Å². The summed E-state index contributed by atoms with van der Waals surface area (Å²) in [7, 11) is 1.57. The van der Waals surface area contributed by atoms with E-state index in [1.807, 2.05) is 5.38 Å². The number of thiazole rings is 1. The highest BCUT2D eigenvalue weighted by molar-refractivity contribution is 7.23. The number of ether oxygens (including phenoxy) is 1. The average molecular weight is 256 g/mol. The van der Waals surface area contributed by atoms with Crippen LogP contribution in [0, 0.1) is 0 Å². The molecule has 0 saturated heterocycles. The number of carbonyl (C=O) groups is 1. The smallest absolute Gasteiger partial charge is 0.357 e. The Morgan fingerprint density at radius 2 is 2.38 bits per heavy atom. The van der Waals surface area contributed by atoms with Crippen molar-refractivity contribution in [2.24, 2.45) is 0 Å². The zero-order valence-corrected chi connectivity index (χ0v) is 9.89. The Bertz CT molecular complexity index is 533. The lowest BCUT2D eigenvalue weighted by Crippen LogP contribution is -2.00. The fourth-order valence-electron chi connectivity index (χ4n) is 1.13. The molecule has 0 spiro atoms. The normalized spacial score (nSPS) is 10.3. The van der Waals surface area contributed by atoms with Crippen molar-refractivity contribution in [2.75, 3.05) is 12.8 Å². The van der Waals surface area contributed by atoms with Crippen molar-refractivity contribution < 1.29 is 14.6 Å². The van der Waals surface area contributed by atoms with Crippen LogP contribution in [-0.2, 0) is 0 Å². The van der Waals surface area contributed by atoms with Gasteiger partial charge in [0, 0.05) is 11.4 Å². The molecule has 0 aliphatic carbocycles. The number of aromatic nitrogens is 1.